The highest BCUT2D eigenvalue weighted by Crippen LogP contribution is 2.27. The maximum Gasteiger partial charge on any atom is 0.222 e. The number of amides is 2. The number of para-hydroxylation sites is 1. The number of rotatable bonds is 7. The van der Waals surface area contributed by atoms with Crippen molar-refractivity contribution in [2.75, 3.05) is 13.2 Å². The summed E-state index contributed by atoms with van der Waals surface area (Å²) in [6, 6.07) is 7.50. The second-order valence-electron chi connectivity index (χ2n) is 6.49. The van der Waals surface area contributed by atoms with Crippen LogP contribution in [0.3, 0.4) is 0 Å². The van der Waals surface area contributed by atoms with Crippen molar-refractivity contribution in [1.82, 2.24) is 16.0 Å². The smallest absolute Gasteiger partial charge is 0.222 e. The highest BCUT2D eigenvalue weighted by atomic mass is 35.5. The molecule has 0 saturated carbocycles. The Morgan fingerprint density at radius 3 is 2.73 bits per heavy atom. The van der Waals surface area contributed by atoms with Crippen molar-refractivity contribution in [3.8, 4) is 5.75 Å². The minimum atomic E-state index is -0.410. The lowest BCUT2D eigenvalue weighted by molar-refractivity contribution is -0.123. The average molecular weight is 384 g/mol. The molecular formula is C19H30ClN3O3. The van der Waals surface area contributed by atoms with Crippen LogP contribution in [0.25, 0.3) is 0 Å². The third kappa shape index (κ3) is 6.50. The van der Waals surface area contributed by atoms with Gasteiger partial charge in [0.2, 0.25) is 11.8 Å². The molecule has 26 heavy (non-hydrogen) atoms. The maximum absolute atomic E-state index is 12.6. The largest absolute Gasteiger partial charge is 0.494 e. The maximum atomic E-state index is 12.6. The molecule has 7 heteroatoms. The second kappa shape index (κ2) is 11.0. The number of hydrogen-bond acceptors (Lipinski definition) is 4. The van der Waals surface area contributed by atoms with E-state index in [-0.39, 0.29) is 42.7 Å². The summed E-state index contributed by atoms with van der Waals surface area (Å²) < 4.78 is 5.66. The van der Waals surface area contributed by atoms with Gasteiger partial charge in [-0.25, -0.2) is 0 Å². The van der Waals surface area contributed by atoms with Crippen molar-refractivity contribution in [2.24, 2.45) is 0 Å². The van der Waals surface area contributed by atoms with E-state index in [9.17, 15) is 9.59 Å². The molecule has 3 unspecified atom stereocenters. The van der Waals surface area contributed by atoms with Crippen molar-refractivity contribution < 1.29 is 14.3 Å². The van der Waals surface area contributed by atoms with Gasteiger partial charge in [0.05, 0.1) is 19.1 Å². The molecule has 1 aromatic rings. The van der Waals surface area contributed by atoms with E-state index in [0.717, 1.165) is 24.9 Å². The molecule has 0 aliphatic carbocycles. The number of benzene rings is 1. The zero-order valence-electron chi connectivity index (χ0n) is 15.7. The summed E-state index contributed by atoms with van der Waals surface area (Å²) in [4.78, 5) is 24.2. The summed E-state index contributed by atoms with van der Waals surface area (Å²) in [6.07, 6.45) is 2.21. The highest BCUT2D eigenvalue weighted by molar-refractivity contribution is 5.85. The lowest BCUT2D eigenvalue weighted by Crippen LogP contribution is -2.52. The van der Waals surface area contributed by atoms with E-state index in [0.29, 0.717) is 12.4 Å². The molecule has 3 N–H and O–H groups in total. The molecule has 2 amide bonds. The fraction of sp³-hybridized carbons (Fsp3) is 0.579. The van der Waals surface area contributed by atoms with Crippen molar-refractivity contribution in [3.63, 3.8) is 0 Å². The molecule has 0 radical (unpaired) electrons. The van der Waals surface area contributed by atoms with Gasteiger partial charge < -0.3 is 20.7 Å². The van der Waals surface area contributed by atoms with Crippen LogP contribution in [-0.4, -0.2) is 37.0 Å². The van der Waals surface area contributed by atoms with Crippen LogP contribution in [0.15, 0.2) is 24.3 Å². The van der Waals surface area contributed by atoms with E-state index in [1.54, 1.807) is 0 Å². The van der Waals surface area contributed by atoms with Gasteiger partial charge in [-0.15, -0.1) is 12.4 Å². The molecule has 1 aliphatic heterocycles. The number of hydrogen-bond donors (Lipinski definition) is 3. The van der Waals surface area contributed by atoms with Crippen molar-refractivity contribution in [1.29, 1.82) is 0 Å². The van der Waals surface area contributed by atoms with E-state index < -0.39 is 6.04 Å². The average Bonchev–Trinajstić information content (AvgIpc) is 2.57. The van der Waals surface area contributed by atoms with Crippen LogP contribution >= 0.6 is 12.4 Å². The van der Waals surface area contributed by atoms with E-state index in [1.165, 1.54) is 6.92 Å². The Morgan fingerprint density at radius 1 is 1.35 bits per heavy atom. The fourth-order valence-electron chi connectivity index (χ4n) is 3.23. The lowest BCUT2D eigenvalue weighted by atomic mass is 9.98. The molecule has 1 aromatic carbocycles. The number of nitrogens with one attached hydrogen (secondary N) is 3. The number of piperidine rings is 1. The molecule has 1 fully saturated rings. The van der Waals surface area contributed by atoms with Gasteiger partial charge in [0.1, 0.15) is 5.75 Å². The number of carbonyl (C=O) groups excluding carboxylic acids is 2. The molecule has 3 atom stereocenters. The summed E-state index contributed by atoms with van der Waals surface area (Å²) in [5, 5.41) is 9.35. The minimum absolute atomic E-state index is 0. The van der Waals surface area contributed by atoms with Crippen molar-refractivity contribution in [2.45, 2.75) is 58.2 Å². The molecule has 6 nitrogen and oxygen atoms in total. The number of carbonyl (C=O) groups is 2. The predicted molar refractivity (Wildman–Crippen MR) is 105 cm³/mol. The van der Waals surface area contributed by atoms with Crippen LogP contribution < -0.4 is 20.7 Å². The van der Waals surface area contributed by atoms with Crippen LogP contribution in [-0.2, 0) is 9.59 Å². The van der Waals surface area contributed by atoms with Gasteiger partial charge >= 0.3 is 0 Å². The molecule has 146 valence electrons. The normalized spacial score (nSPS) is 20.4. The third-order valence-electron chi connectivity index (χ3n) is 4.47. The first kappa shape index (κ1) is 22.3. The Kier molecular flexibility index (Phi) is 9.44. The molecular weight excluding hydrogens is 354 g/mol. The van der Waals surface area contributed by atoms with Crippen LogP contribution in [0.4, 0.5) is 0 Å². The van der Waals surface area contributed by atoms with E-state index >= 15 is 0 Å². The van der Waals surface area contributed by atoms with Gasteiger partial charge in [-0.1, -0.05) is 18.2 Å². The summed E-state index contributed by atoms with van der Waals surface area (Å²) in [5.41, 5.74) is 0.824. The summed E-state index contributed by atoms with van der Waals surface area (Å²) in [5.74, 6) is 0.464. The van der Waals surface area contributed by atoms with Gasteiger partial charge in [0, 0.05) is 24.6 Å². The molecule has 1 saturated heterocycles. The van der Waals surface area contributed by atoms with Crippen molar-refractivity contribution >= 4 is 24.2 Å². The Hall–Kier alpha value is -1.79. The predicted octanol–water partition coefficient (Wildman–Crippen LogP) is 2.33. The monoisotopic (exact) mass is 383 g/mol. The zero-order valence-corrected chi connectivity index (χ0v) is 16.5. The summed E-state index contributed by atoms with van der Waals surface area (Å²) >= 11 is 0. The molecule has 2 rings (SSSR count). The van der Waals surface area contributed by atoms with Gasteiger partial charge in [-0.3, -0.25) is 9.59 Å². The van der Waals surface area contributed by atoms with Gasteiger partial charge in [-0.2, -0.15) is 0 Å². The van der Waals surface area contributed by atoms with Gasteiger partial charge in [-0.05, 0) is 39.3 Å². The Morgan fingerprint density at radius 2 is 2.08 bits per heavy atom. The summed E-state index contributed by atoms with van der Waals surface area (Å²) in [7, 11) is 0. The van der Waals surface area contributed by atoms with Crippen LogP contribution in [0, 0.1) is 0 Å². The standard InChI is InChI=1S/C19H29N3O3.ClH/c1-4-25-18-10-6-5-8-15(18)17(21-14(3)23)12-19(24)22-16-9-7-11-20-13(16)2;/h5-6,8,10,13,16-17,20H,4,7,9,11-12H2,1-3H3,(H,21,23)(H,22,24);1H. The zero-order chi connectivity index (χ0) is 18.2. The Bertz CT molecular complexity index is 597. The lowest BCUT2D eigenvalue weighted by Gasteiger charge is -2.31. The van der Waals surface area contributed by atoms with Gasteiger partial charge in [0.15, 0.2) is 0 Å². The SMILES string of the molecule is CCOc1ccccc1C(CC(=O)NC1CCCNC1C)NC(C)=O.Cl. The molecule has 0 bridgehead atoms. The first-order valence-electron chi connectivity index (χ1n) is 9.02. The quantitative estimate of drug-likeness (QED) is 0.675. The second-order valence-corrected chi connectivity index (χ2v) is 6.49. The Balaban J connectivity index is 0.00000338. The van der Waals surface area contributed by atoms with Crippen LogP contribution in [0.5, 0.6) is 5.75 Å². The molecule has 1 aliphatic rings. The van der Waals surface area contributed by atoms with E-state index in [4.69, 9.17) is 4.74 Å². The summed E-state index contributed by atoms with van der Waals surface area (Å²) in [6.45, 7) is 6.97. The van der Waals surface area contributed by atoms with Gasteiger partial charge in [0.25, 0.3) is 0 Å². The minimum Gasteiger partial charge on any atom is -0.494 e. The third-order valence-corrected chi connectivity index (χ3v) is 4.47. The van der Waals surface area contributed by atoms with E-state index in [2.05, 4.69) is 22.9 Å². The number of halogens is 1. The highest BCUT2D eigenvalue weighted by Gasteiger charge is 2.25. The first-order valence-corrected chi connectivity index (χ1v) is 9.02. The van der Waals surface area contributed by atoms with Crippen LogP contribution in [0.2, 0.25) is 0 Å². The molecule has 0 aromatic heterocycles. The Labute approximate surface area is 161 Å². The number of ether oxygens (including phenoxy) is 1. The fourth-order valence-corrected chi connectivity index (χ4v) is 3.23. The molecule has 1 heterocycles. The first-order chi connectivity index (χ1) is 12.0. The molecule has 0 spiro atoms. The van der Waals surface area contributed by atoms with E-state index in [1.807, 2.05) is 31.2 Å². The van der Waals surface area contributed by atoms with Crippen molar-refractivity contribution in [3.05, 3.63) is 29.8 Å². The topological polar surface area (TPSA) is 79.5 Å². The van der Waals surface area contributed by atoms with Crippen LogP contribution in [0.1, 0.15) is 51.6 Å².